The van der Waals surface area contributed by atoms with Crippen LogP contribution in [0.4, 0.5) is 0 Å². The van der Waals surface area contributed by atoms with E-state index in [9.17, 15) is 0 Å². The van der Waals surface area contributed by atoms with Crippen LogP contribution in [0.5, 0.6) is 0 Å². The number of nitrogens with zero attached hydrogens (tertiary/aromatic N) is 1. The van der Waals surface area contributed by atoms with E-state index in [1.807, 2.05) is 0 Å². The van der Waals surface area contributed by atoms with Gasteiger partial charge >= 0.3 is 0 Å². The lowest BCUT2D eigenvalue weighted by molar-refractivity contribution is 0.510. The number of hydrogen-bond acceptors (Lipinski definition) is 0. The molecule has 1 heteroatoms. The highest BCUT2D eigenvalue weighted by atomic mass is 14.9. The number of aromatic nitrogens is 1. The van der Waals surface area contributed by atoms with Crippen molar-refractivity contribution in [3.8, 4) is 0 Å². The lowest BCUT2D eigenvalue weighted by Gasteiger charge is -2.30. The predicted octanol–water partition coefficient (Wildman–Crippen LogP) is 2.83. The van der Waals surface area contributed by atoms with Crippen LogP contribution in [0.1, 0.15) is 17.0 Å². The summed E-state index contributed by atoms with van der Waals surface area (Å²) in [7, 11) is 0. The maximum atomic E-state index is 2.26. The van der Waals surface area contributed by atoms with E-state index >= 15 is 0 Å². The molecule has 1 unspecified atom stereocenters. The molecular formula is C13H13N. The number of rotatable bonds is 2. The molecule has 0 spiro atoms. The fourth-order valence-corrected chi connectivity index (χ4v) is 2.27. The van der Waals surface area contributed by atoms with Crippen molar-refractivity contribution in [2.24, 2.45) is 0 Å². The Morgan fingerprint density at radius 2 is 1.86 bits per heavy atom. The van der Waals surface area contributed by atoms with Gasteiger partial charge in [-0.2, -0.15) is 0 Å². The summed E-state index contributed by atoms with van der Waals surface area (Å²) in [4.78, 5) is 0. The average molecular weight is 183 g/mol. The topological polar surface area (TPSA) is 4.93 Å². The van der Waals surface area contributed by atoms with Crippen molar-refractivity contribution in [3.63, 3.8) is 0 Å². The molecule has 14 heavy (non-hydrogen) atoms. The molecule has 0 amide bonds. The Morgan fingerprint density at radius 1 is 1.07 bits per heavy atom. The quantitative estimate of drug-likeness (QED) is 0.674. The number of hydrogen-bond donors (Lipinski definition) is 0. The molecule has 0 saturated heterocycles. The largest absolute Gasteiger partial charge is 0.354 e. The first-order valence-corrected chi connectivity index (χ1v) is 5.12. The predicted molar refractivity (Wildman–Crippen MR) is 57.3 cm³/mol. The second-order valence-corrected chi connectivity index (χ2v) is 3.98. The molecule has 70 valence electrons. The molecule has 0 saturated carbocycles. The summed E-state index contributed by atoms with van der Waals surface area (Å²) in [6, 6.07) is 12.9. The molecule has 0 N–H and O–H groups in total. The van der Waals surface area contributed by atoms with Crippen LogP contribution in [-0.2, 0) is 13.0 Å². The zero-order valence-electron chi connectivity index (χ0n) is 8.06. The van der Waals surface area contributed by atoms with E-state index in [-0.39, 0.29) is 0 Å². The van der Waals surface area contributed by atoms with Crippen molar-refractivity contribution in [2.75, 3.05) is 0 Å². The van der Waals surface area contributed by atoms with E-state index < -0.39 is 0 Å². The minimum Gasteiger partial charge on any atom is -0.354 e. The Morgan fingerprint density at radius 3 is 2.64 bits per heavy atom. The second kappa shape index (κ2) is 3.02. The van der Waals surface area contributed by atoms with Gasteiger partial charge in [0.25, 0.3) is 0 Å². The van der Waals surface area contributed by atoms with Crippen LogP contribution in [0.25, 0.3) is 0 Å². The van der Waals surface area contributed by atoms with Crippen LogP contribution in [0.15, 0.2) is 48.8 Å². The van der Waals surface area contributed by atoms with E-state index in [0.717, 1.165) is 12.5 Å². The van der Waals surface area contributed by atoms with Gasteiger partial charge in [0.2, 0.25) is 0 Å². The number of benzene rings is 1. The Hall–Kier alpha value is -1.50. The number of fused-ring (bicyclic) bond motifs is 1. The van der Waals surface area contributed by atoms with E-state index in [1.54, 1.807) is 5.56 Å². The van der Waals surface area contributed by atoms with Gasteiger partial charge in [-0.15, -0.1) is 0 Å². The Labute approximate surface area is 84.0 Å². The SMILES string of the molecule is c1ccc2c(c1)CC2Cn1cccc1. The van der Waals surface area contributed by atoms with Gasteiger partial charge in [0, 0.05) is 24.9 Å². The van der Waals surface area contributed by atoms with Crippen LogP contribution < -0.4 is 0 Å². The van der Waals surface area contributed by atoms with Crippen molar-refractivity contribution < 1.29 is 0 Å². The molecule has 1 aromatic carbocycles. The maximum absolute atomic E-state index is 2.26. The molecular weight excluding hydrogens is 170 g/mol. The molecule has 2 aromatic rings. The minimum atomic E-state index is 0.735. The summed E-state index contributed by atoms with van der Waals surface area (Å²) in [5.41, 5.74) is 3.07. The van der Waals surface area contributed by atoms with E-state index in [2.05, 4.69) is 53.4 Å². The molecule has 1 heterocycles. The van der Waals surface area contributed by atoms with Crippen molar-refractivity contribution >= 4 is 0 Å². The van der Waals surface area contributed by atoms with Crippen LogP contribution in [0.3, 0.4) is 0 Å². The van der Waals surface area contributed by atoms with Gasteiger partial charge in [0.15, 0.2) is 0 Å². The average Bonchev–Trinajstić information content (AvgIpc) is 2.67. The van der Waals surface area contributed by atoms with Gasteiger partial charge < -0.3 is 4.57 Å². The summed E-state index contributed by atoms with van der Waals surface area (Å²) in [6.07, 6.45) is 5.52. The first kappa shape index (κ1) is 7.86. The first-order valence-electron chi connectivity index (χ1n) is 5.12. The molecule has 1 aliphatic rings. The maximum Gasteiger partial charge on any atom is 0.0291 e. The smallest absolute Gasteiger partial charge is 0.0291 e. The molecule has 1 nitrogen and oxygen atoms in total. The Balaban J connectivity index is 1.80. The first-order chi connectivity index (χ1) is 6.93. The third-order valence-electron chi connectivity index (χ3n) is 3.06. The van der Waals surface area contributed by atoms with E-state index in [4.69, 9.17) is 0 Å². The summed E-state index contributed by atoms with van der Waals surface area (Å²) in [5.74, 6) is 0.735. The Bertz CT molecular complexity index is 428. The summed E-state index contributed by atoms with van der Waals surface area (Å²) >= 11 is 0. The van der Waals surface area contributed by atoms with Crippen LogP contribution >= 0.6 is 0 Å². The molecule has 0 fully saturated rings. The van der Waals surface area contributed by atoms with Gasteiger partial charge in [-0.25, -0.2) is 0 Å². The standard InChI is InChI=1S/C13H13N/c1-2-6-13-11(5-1)9-12(13)10-14-7-3-4-8-14/h1-8,12H,9-10H2. The summed E-state index contributed by atoms with van der Waals surface area (Å²) in [6.45, 7) is 1.13. The highest BCUT2D eigenvalue weighted by Crippen LogP contribution is 2.35. The fourth-order valence-electron chi connectivity index (χ4n) is 2.27. The van der Waals surface area contributed by atoms with Crippen molar-refractivity contribution in [1.29, 1.82) is 0 Å². The zero-order valence-corrected chi connectivity index (χ0v) is 8.06. The van der Waals surface area contributed by atoms with Gasteiger partial charge in [0.1, 0.15) is 0 Å². The van der Waals surface area contributed by atoms with Crippen molar-refractivity contribution in [2.45, 2.75) is 18.9 Å². The third-order valence-corrected chi connectivity index (χ3v) is 3.06. The van der Waals surface area contributed by atoms with Crippen LogP contribution in [-0.4, -0.2) is 4.57 Å². The monoisotopic (exact) mass is 183 g/mol. The Kier molecular flexibility index (Phi) is 1.69. The minimum absolute atomic E-state index is 0.735. The highest BCUT2D eigenvalue weighted by Gasteiger charge is 2.24. The molecule has 1 aliphatic carbocycles. The molecule has 0 aliphatic heterocycles. The zero-order chi connectivity index (χ0) is 9.38. The van der Waals surface area contributed by atoms with E-state index in [1.165, 1.54) is 12.0 Å². The second-order valence-electron chi connectivity index (χ2n) is 3.98. The van der Waals surface area contributed by atoms with Gasteiger partial charge in [-0.3, -0.25) is 0 Å². The van der Waals surface area contributed by atoms with Crippen LogP contribution in [0.2, 0.25) is 0 Å². The molecule has 1 aromatic heterocycles. The summed E-state index contributed by atoms with van der Waals surface area (Å²) < 4.78 is 2.26. The van der Waals surface area contributed by atoms with Crippen molar-refractivity contribution in [3.05, 3.63) is 59.9 Å². The third kappa shape index (κ3) is 1.17. The molecule has 0 radical (unpaired) electrons. The van der Waals surface area contributed by atoms with Crippen LogP contribution in [0, 0.1) is 0 Å². The van der Waals surface area contributed by atoms with Gasteiger partial charge in [-0.1, -0.05) is 24.3 Å². The lowest BCUT2D eigenvalue weighted by Crippen LogP contribution is -2.21. The fraction of sp³-hybridized carbons (Fsp3) is 0.231. The molecule has 0 bridgehead atoms. The van der Waals surface area contributed by atoms with E-state index in [0.29, 0.717) is 0 Å². The van der Waals surface area contributed by atoms with Gasteiger partial charge in [0.05, 0.1) is 0 Å². The molecule has 1 atom stereocenters. The van der Waals surface area contributed by atoms with Gasteiger partial charge in [-0.05, 0) is 29.7 Å². The normalized spacial score (nSPS) is 18.7. The lowest BCUT2D eigenvalue weighted by atomic mass is 9.77. The highest BCUT2D eigenvalue weighted by molar-refractivity contribution is 5.39. The summed E-state index contributed by atoms with van der Waals surface area (Å²) in [5, 5.41) is 0. The molecule has 3 rings (SSSR count). The van der Waals surface area contributed by atoms with Crippen molar-refractivity contribution in [1.82, 2.24) is 4.57 Å².